The third kappa shape index (κ3) is 2.36. The molecule has 0 spiro atoms. The quantitative estimate of drug-likeness (QED) is 0.666. The number of hydrogen-bond acceptors (Lipinski definition) is 4. The van der Waals surface area contributed by atoms with Crippen LogP contribution in [0.25, 0.3) is 0 Å². The molecule has 2 heterocycles. The normalized spacial score (nSPS) is 19.4. The molecule has 2 atom stereocenters. The molecular formula is C14H16BrN3S. The van der Waals surface area contributed by atoms with Gasteiger partial charge in [-0.1, -0.05) is 6.07 Å². The van der Waals surface area contributed by atoms with Gasteiger partial charge in [-0.05, 0) is 59.0 Å². The Morgan fingerprint density at radius 3 is 3.11 bits per heavy atom. The number of nitrogens with one attached hydrogen (secondary N) is 1. The minimum atomic E-state index is 0.145. The third-order valence-electron chi connectivity index (χ3n) is 3.77. The second kappa shape index (κ2) is 5.32. The fourth-order valence-corrected chi connectivity index (χ4v) is 4.50. The van der Waals surface area contributed by atoms with Crippen molar-refractivity contribution in [2.45, 2.75) is 31.7 Å². The average molecular weight is 338 g/mol. The van der Waals surface area contributed by atoms with E-state index in [1.54, 1.807) is 11.3 Å². The highest BCUT2D eigenvalue weighted by Gasteiger charge is 2.32. The monoisotopic (exact) mass is 337 g/mol. The van der Waals surface area contributed by atoms with E-state index in [4.69, 9.17) is 5.84 Å². The largest absolute Gasteiger partial charge is 0.271 e. The minimum absolute atomic E-state index is 0.145. The Bertz CT molecular complexity index is 577. The maximum absolute atomic E-state index is 5.81. The van der Waals surface area contributed by atoms with E-state index >= 15 is 0 Å². The van der Waals surface area contributed by atoms with Crippen molar-refractivity contribution in [3.8, 4) is 0 Å². The molecule has 3 N–H and O–H groups in total. The predicted octanol–water partition coefficient (Wildman–Crippen LogP) is 3.45. The van der Waals surface area contributed by atoms with Gasteiger partial charge in [0.1, 0.15) is 0 Å². The summed E-state index contributed by atoms with van der Waals surface area (Å²) in [5, 5.41) is 0. The van der Waals surface area contributed by atoms with Crippen molar-refractivity contribution in [1.82, 2.24) is 10.4 Å². The van der Waals surface area contributed by atoms with Crippen molar-refractivity contribution >= 4 is 27.3 Å². The van der Waals surface area contributed by atoms with E-state index < -0.39 is 0 Å². The maximum atomic E-state index is 5.81. The van der Waals surface area contributed by atoms with Gasteiger partial charge < -0.3 is 0 Å². The Morgan fingerprint density at radius 1 is 1.58 bits per heavy atom. The van der Waals surface area contributed by atoms with Gasteiger partial charge in [-0.25, -0.2) is 0 Å². The molecule has 19 heavy (non-hydrogen) atoms. The van der Waals surface area contributed by atoms with Gasteiger partial charge in [0.05, 0.1) is 9.83 Å². The van der Waals surface area contributed by atoms with Crippen molar-refractivity contribution in [3.05, 3.63) is 49.9 Å². The van der Waals surface area contributed by atoms with Gasteiger partial charge in [-0.3, -0.25) is 16.3 Å². The number of pyridine rings is 1. The lowest BCUT2D eigenvalue weighted by Gasteiger charge is -2.21. The number of aryl methyl sites for hydroxylation is 2. The third-order valence-corrected chi connectivity index (χ3v) is 5.99. The zero-order valence-corrected chi connectivity index (χ0v) is 13.1. The van der Waals surface area contributed by atoms with E-state index in [0.717, 1.165) is 12.8 Å². The second-order valence-corrected chi connectivity index (χ2v) is 7.34. The summed E-state index contributed by atoms with van der Waals surface area (Å²) in [7, 11) is 0. The van der Waals surface area contributed by atoms with Crippen LogP contribution in [0, 0.1) is 6.92 Å². The highest BCUT2D eigenvalue weighted by Crippen LogP contribution is 2.43. The molecule has 0 saturated heterocycles. The van der Waals surface area contributed by atoms with Crippen LogP contribution < -0.4 is 11.3 Å². The number of hydrazine groups is 1. The Labute approximate surface area is 125 Å². The lowest BCUT2D eigenvalue weighted by molar-refractivity contribution is 0.453. The molecule has 0 radical (unpaired) electrons. The fraction of sp³-hybridized carbons (Fsp3) is 0.357. The number of thiophene rings is 1. The van der Waals surface area contributed by atoms with Crippen molar-refractivity contribution in [3.63, 3.8) is 0 Å². The van der Waals surface area contributed by atoms with Crippen LogP contribution in [-0.2, 0) is 6.42 Å². The lowest BCUT2D eigenvalue weighted by Crippen LogP contribution is -2.31. The number of rotatable bonds is 3. The number of fused-ring (bicyclic) bond motifs is 1. The van der Waals surface area contributed by atoms with Gasteiger partial charge in [-0.15, -0.1) is 11.3 Å². The number of halogens is 1. The van der Waals surface area contributed by atoms with E-state index in [1.807, 2.05) is 12.3 Å². The molecule has 3 rings (SSSR count). The zero-order valence-electron chi connectivity index (χ0n) is 10.7. The summed E-state index contributed by atoms with van der Waals surface area (Å²) in [5.41, 5.74) is 6.82. The van der Waals surface area contributed by atoms with E-state index in [2.05, 4.69) is 45.4 Å². The highest BCUT2D eigenvalue weighted by atomic mass is 79.9. The van der Waals surface area contributed by atoms with Crippen LogP contribution in [0.15, 0.2) is 28.2 Å². The van der Waals surface area contributed by atoms with Gasteiger partial charge in [-0.2, -0.15) is 0 Å². The lowest BCUT2D eigenvalue weighted by atomic mass is 9.96. The van der Waals surface area contributed by atoms with Crippen molar-refractivity contribution < 1.29 is 0 Å². The molecule has 5 heteroatoms. The Balaban J connectivity index is 1.96. The Kier molecular flexibility index (Phi) is 3.71. The summed E-state index contributed by atoms with van der Waals surface area (Å²) in [4.78, 5) is 5.84. The standard InChI is InChI=1S/C14H16BrN3S/c1-8-7-11(19-14(8)15)13(18-16)10-5-4-9-3-2-6-17-12(9)10/h2-3,6-7,10,13,18H,4-5,16H2,1H3. The van der Waals surface area contributed by atoms with E-state index in [-0.39, 0.29) is 6.04 Å². The Morgan fingerprint density at radius 2 is 2.42 bits per heavy atom. The highest BCUT2D eigenvalue weighted by molar-refractivity contribution is 9.11. The molecule has 2 unspecified atom stereocenters. The summed E-state index contributed by atoms with van der Waals surface area (Å²) in [5.74, 6) is 6.18. The molecule has 2 aromatic rings. The van der Waals surface area contributed by atoms with Crippen LogP contribution in [0.5, 0.6) is 0 Å². The first-order valence-electron chi connectivity index (χ1n) is 6.36. The van der Waals surface area contributed by atoms with Crippen LogP contribution in [0.3, 0.4) is 0 Å². The smallest absolute Gasteiger partial charge is 0.0731 e. The topological polar surface area (TPSA) is 50.9 Å². The first-order chi connectivity index (χ1) is 9.20. The van der Waals surface area contributed by atoms with Gasteiger partial charge in [0.15, 0.2) is 0 Å². The molecule has 2 aromatic heterocycles. The van der Waals surface area contributed by atoms with Crippen LogP contribution in [-0.4, -0.2) is 4.98 Å². The molecule has 1 aliphatic rings. The average Bonchev–Trinajstić information content (AvgIpc) is 2.97. The van der Waals surface area contributed by atoms with Crippen LogP contribution in [0.1, 0.15) is 40.1 Å². The SMILES string of the molecule is Cc1cc(C(NN)C2CCc3cccnc32)sc1Br. The molecule has 0 saturated carbocycles. The number of hydrogen-bond donors (Lipinski definition) is 2. The van der Waals surface area contributed by atoms with Gasteiger partial charge in [0.25, 0.3) is 0 Å². The van der Waals surface area contributed by atoms with Crippen LogP contribution in [0.4, 0.5) is 0 Å². The first kappa shape index (κ1) is 13.2. The number of aromatic nitrogens is 1. The molecule has 0 amide bonds. The van der Waals surface area contributed by atoms with Crippen molar-refractivity contribution in [2.75, 3.05) is 0 Å². The molecule has 0 fully saturated rings. The summed E-state index contributed by atoms with van der Waals surface area (Å²) < 4.78 is 1.18. The molecule has 1 aliphatic carbocycles. The zero-order chi connectivity index (χ0) is 13.4. The first-order valence-corrected chi connectivity index (χ1v) is 7.97. The van der Waals surface area contributed by atoms with E-state index in [1.165, 1.54) is 25.5 Å². The van der Waals surface area contributed by atoms with E-state index in [0.29, 0.717) is 5.92 Å². The summed E-state index contributed by atoms with van der Waals surface area (Å²) in [6, 6.07) is 6.54. The van der Waals surface area contributed by atoms with Crippen molar-refractivity contribution in [1.29, 1.82) is 0 Å². The molecule has 0 aliphatic heterocycles. The molecule has 100 valence electrons. The molecule has 0 bridgehead atoms. The fourth-order valence-electron chi connectivity index (χ4n) is 2.80. The summed E-state index contributed by atoms with van der Waals surface area (Å²) in [6.45, 7) is 2.11. The summed E-state index contributed by atoms with van der Waals surface area (Å²) >= 11 is 5.34. The molecule has 0 aromatic carbocycles. The maximum Gasteiger partial charge on any atom is 0.0731 e. The molecule has 3 nitrogen and oxygen atoms in total. The minimum Gasteiger partial charge on any atom is -0.271 e. The van der Waals surface area contributed by atoms with Crippen LogP contribution >= 0.6 is 27.3 Å². The predicted molar refractivity (Wildman–Crippen MR) is 82.1 cm³/mol. The Hall–Kier alpha value is -0.750. The molecular weight excluding hydrogens is 322 g/mol. The van der Waals surface area contributed by atoms with Crippen molar-refractivity contribution in [2.24, 2.45) is 5.84 Å². The summed E-state index contributed by atoms with van der Waals surface area (Å²) in [6.07, 6.45) is 4.08. The number of nitrogens with two attached hydrogens (primary N) is 1. The van der Waals surface area contributed by atoms with Gasteiger partial charge in [0, 0.05) is 22.7 Å². The van der Waals surface area contributed by atoms with E-state index in [9.17, 15) is 0 Å². The number of nitrogens with zero attached hydrogens (tertiary/aromatic N) is 1. The van der Waals surface area contributed by atoms with Gasteiger partial charge >= 0.3 is 0 Å². The van der Waals surface area contributed by atoms with Gasteiger partial charge in [0.2, 0.25) is 0 Å². The van der Waals surface area contributed by atoms with Crippen LogP contribution in [0.2, 0.25) is 0 Å². The second-order valence-electron chi connectivity index (χ2n) is 4.94.